The van der Waals surface area contributed by atoms with Gasteiger partial charge in [-0.15, -0.1) is 11.3 Å². The first-order valence-electron chi connectivity index (χ1n) is 9.94. The number of nitrogens with two attached hydrogens (primary N) is 1. The van der Waals surface area contributed by atoms with Crippen molar-refractivity contribution in [3.8, 4) is 5.75 Å². The molecule has 31 heavy (non-hydrogen) atoms. The molecule has 0 saturated heterocycles. The second-order valence-corrected chi connectivity index (χ2v) is 8.65. The molecule has 10 heteroatoms. The molecule has 1 amide bonds. The molecule has 3 atom stereocenters. The van der Waals surface area contributed by atoms with Crippen LogP contribution in [0.1, 0.15) is 34.5 Å². The third kappa shape index (κ3) is 4.32. The number of aromatic nitrogens is 2. The summed E-state index contributed by atoms with van der Waals surface area (Å²) in [7, 11) is 0. The van der Waals surface area contributed by atoms with E-state index in [1.165, 1.54) is 35.9 Å². The van der Waals surface area contributed by atoms with Crippen LogP contribution in [0.25, 0.3) is 10.2 Å². The van der Waals surface area contributed by atoms with Gasteiger partial charge in [0.05, 0.1) is 34.8 Å². The number of fused-ring (bicyclic) bond motifs is 1. The van der Waals surface area contributed by atoms with E-state index in [1.54, 1.807) is 6.92 Å². The number of amides is 1. The van der Waals surface area contributed by atoms with E-state index in [9.17, 15) is 19.4 Å². The van der Waals surface area contributed by atoms with Gasteiger partial charge in [0.15, 0.2) is 0 Å². The third-order valence-electron chi connectivity index (χ3n) is 5.55. The lowest BCUT2D eigenvalue weighted by atomic mass is 9.85. The lowest BCUT2D eigenvalue weighted by molar-refractivity contribution is -0.0556. The molecule has 0 aliphatic heterocycles. The molecule has 4 rings (SSSR count). The number of halogens is 1. The van der Waals surface area contributed by atoms with Crippen molar-refractivity contribution in [3.63, 3.8) is 0 Å². The second-order valence-electron chi connectivity index (χ2n) is 7.65. The lowest BCUT2D eigenvalue weighted by Gasteiger charge is -2.31. The van der Waals surface area contributed by atoms with Crippen molar-refractivity contribution < 1.29 is 24.1 Å². The second kappa shape index (κ2) is 8.74. The van der Waals surface area contributed by atoms with Crippen LogP contribution in [0.3, 0.4) is 0 Å². The topological polar surface area (TPSA) is 131 Å². The standard InChI is InChI=1S/C21H23FN4O4S/c1-10-16-20(24-9-25-21(16)31-18(10)19(23)29)26-13-6-5-12(22)7-15(13)30-8-11-3-2-4-14(27)17(11)28/h5-7,9,11,14,17,27-28H,2-4,8H2,1H3,(H2,23,29)(H,24,25,26)/t11?,14-,17+/m1/s1. The molecule has 1 saturated carbocycles. The van der Waals surface area contributed by atoms with E-state index >= 15 is 0 Å². The predicted octanol–water partition coefficient (Wildman–Crippen LogP) is 2.88. The van der Waals surface area contributed by atoms with E-state index < -0.39 is 23.9 Å². The number of thiophene rings is 1. The number of anilines is 2. The van der Waals surface area contributed by atoms with Crippen LogP contribution in [0.2, 0.25) is 0 Å². The van der Waals surface area contributed by atoms with Crippen LogP contribution < -0.4 is 15.8 Å². The zero-order chi connectivity index (χ0) is 22.1. The summed E-state index contributed by atoms with van der Waals surface area (Å²) in [4.78, 5) is 21.2. The zero-order valence-electron chi connectivity index (χ0n) is 16.8. The Bertz CT molecular complexity index is 1120. The summed E-state index contributed by atoms with van der Waals surface area (Å²) in [5.41, 5.74) is 6.59. The summed E-state index contributed by atoms with van der Waals surface area (Å²) < 4.78 is 19.8. The number of hydrogen-bond donors (Lipinski definition) is 4. The van der Waals surface area contributed by atoms with Crippen LogP contribution >= 0.6 is 11.3 Å². The quantitative estimate of drug-likeness (QED) is 0.458. The molecule has 0 bridgehead atoms. The average molecular weight is 447 g/mol. The summed E-state index contributed by atoms with van der Waals surface area (Å²) in [6.07, 6.45) is 1.78. The molecular weight excluding hydrogens is 423 g/mol. The van der Waals surface area contributed by atoms with Gasteiger partial charge in [-0.25, -0.2) is 14.4 Å². The van der Waals surface area contributed by atoms with Crippen LogP contribution in [0.5, 0.6) is 5.75 Å². The summed E-state index contributed by atoms with van der Waals surface area (Å²) in [5, 5.41) is 23.9. The monoisotopic (exact) mass is 446 g/mol. The highest BCUT2D eigenvalue weighted by molar-refractivity contribution is 7.20. The maximum Gasteiger partial charge on any atom is 0.259 e. The Labute approximate surface area is 181 Å². The zero-order valence-corrected chi connectivity index (χ0v) is 17.7. The molecule has 0 radical (unpaired) electrons. The first kappa shape index (κ1) is 21.4. The van der Waals surface area contributed by atoms with Crippen molar-refractivity contribution in [3.05, 3.63) is 40.8 Å². The van der Waals surface area contributed by atoms with Crippen LogP contribution in [0, 0.1) is 18.7 Å². The van der Waals surface area contributed by atoms with Gasteiger partial charge in [0, 0.05) is 12.0 Å². The Morgan fingerprint density at radius 3 is 2.94 bits per heavy atom. The molecule has 1 aromatic carbocycles. The number of hydrogen-bond acceptors (Lipinski definition) is 8. The largest absolute Gasteiger partial charge is 0.491 e. The van der Waals surface area contributed by atoms with Crippen LogP contribution in [0.4, 0.5) is 15.9 Å². The van der Waals surface area contributed by atoms with Gasteiger partial charge in [-0.2, -0.15) is 0 Å². The van der Waals surface area contributed by atoms with E-state index in [0.717, 1.165) is 6.42 Å². The Morgan fingerprint density at radius 1 is 1.35 bits per heavy atom. The molecule has 1 unspecified atom stereocenters. The minimum absolute atomic E-state index is 0.138. The molecular formula is C21H23FN4O4S. The molecule has 1 aliphatic carbocycles. The van der Waals surface area contributed by atoms with Crippen LogP contribution in [0.15, 0.2) is 24.5 Å². The highest BCUT2D eigenvalue weighted by Gasteiger charge is 2.31. The van der Waals surface area contributed by atoms with Gasteiger partial charge in [-0.05, 0) is 37.5 Å². The highest BCUT2D eigenvalue weighted by Crippen LogP contribution is 2.36. The van der Waals surface area contributed by atoms with E-state index in [0.29, 0.717) is 45.0 Å². The minimum atomic E-state index is -0.874. The Hall–Kier alpha value is -2.82. The smallest absolute Gasteiger partial charge is 0.259 e. The van der Waals surface area contributed by atoms with Crippen molar-refractivity contribution in [2.24, 2.45) is 11.7 Å². The number of ether oxygens (including phenoxy) is 1. The summed E-state index contributed by atoms with van der Waals surface area (Å²) in [5.74, 6) is -0.563. The maximum absolute atomic E-state index is 13.9. The van der Waals surface area contributed by atoms with E-state index in [4.69, 9.17) is 10.5 Å². The minimum Gasteiger partial charge on any atom is -0.491 e. The normalized spacial score (nSPS) is 21.2. The van der Waals surface area contributed by atoms with Gasteiger partial charge in [-0.1, -0.05) is 6.42 Å². The molecule has 164 valence electrons. The first-order chi connectivity index (χ1) is 14.8. The number of rotatable bonds is 6. The highest BCUT2D eigenvalue weighted by atomic mass is 32.1. The van der Waals surface area contributed by atoms with Gasteiger partial charge < -0.3 is 26.0 Å². The number of benzene rings is 1. The third-order valence-corrected chi connectivity index (χ3v) is 6.77. The van der Waals surface area contributed by atoms with Gasteiger partial charge >= 0.3 is 0 Å². The maximum atomic E-state index is 13.9. The Morgan fingerprint density at radius 2 is 2.16 bits per heavy atom. The SMILES string of the molecule is Cc1c(C(N)=O)sc2ncnc(Nc3ccc(F)cc3OCC3CCC[C@@H](O)[C@H]3O)c12. The van der Waals surface area contributed by atoms with Crippen molar-refractivity contribution in [2.45, 2.75) is 38.4 Å². The van der Waals surface area contributed by atoms with E-state index in [1.807, 2.05) is 0 Å². The molecule has 3 aromatic rings. The number of carbonyl (C=O) groups excluding carboxylic acids is 1. The van der Waals surface area contributed by atoms with E-state index in [-0.39, 0.29) is 18.3 Å². The average Bonchev–Trinajstić information content (AvgIpc) is 3.08. The van der Waals surface area contributed by atoms with Crippen molar-refractivity contribution in [2.75, 3.05) is 11.9 Å². The molecule has 1 fully saturated rings. The summed E-state index contributed by atoms with van der Waals surface area (Å²) in [6.45, 7) is 1.91. The fourth-order valence-electron chi connectivity index (χ4n) is 3.87. The van der Waals surface area contributed by atoms with Gasteiger partial charge in [0.2, 0.25) is 0 Å². The molecule has 2 aromatic heterocycles. The molecule has 0 spiro atoms. The van der Waals surface area contributed by atoms with Gasteiger partial charge in [0.1, 0.15) is 28.5 Å². The summed E-state index contributed by atoms with van der Waals surface area (Å²) in [6, 6.07) is 4.07. The number of aliphatic hydroxyl groups is 2. The lowest BCUT2D eigenvalue weighted by Crippen LogP contribution is -2.40. The van der Waals surface area contributed by atoms with Crippen molar-refractivity contribution in [1.82, 2.24) is 9.97 Å². The van der Waals surface area contributed by atoms with Crippen LogP contribution in [-0.2, 0) is 0 Å². The Balaban J connectivity index is 1.62. The molecule has 1 aliphatic rings. The molecule has 2 heterocycles. The fraction of sp³-hybridized carbons (Fsp3) is 0.381. The number of carbonyl (C=O) groups is 1. The number of aliphatic hydroxyl groups excluding tert-OH is 2. The Kier molecular flexibility index (Phi) is 6.03. The molecule has 8 nitrogen and oxygen atoms in total. The number of nitrogens with one attached hydrogen (secondary N) is 1. The first-order valence-corrected chi connectivity index (χ1v) is 10.8. The van der Waals surface area contributed by atoms with Crippen molar-refractivity contribution in [1.29, 1.82) is 0 Å². The number of nitrogens with zero attached hydrogens (tertiary/aromatic N) is 2. The van der Waals surface area contributed by atoms with Crippen LogP contribution in [-0.4, -0.2) is 44.9 Å². The number of primary amides is 1. The van der Waals surface area contributed by atoms with Gasteiger partial charge in [-0.3, -0.25) is 4.79 Å². The fourth-order valence-corrected chi connectivity index (χ4v) is 4.87. The summed E-state index contributed by atoms with van der Waals surface area (Å²) >= 11 is 1.18. The molecule has 5 N–H and O–H groups in total. The number of aryl methyl sites for hydroxylation is 1. The van der Waals surface area contributed by atoms with Crippen molar-refractivity contribution >= 4 is 39.0 Å². The predicted molar refractivity (Wildman–Crippen MR) is 115 cm³/mol. The van der Waals surface area contributed by atoms with Gasteiger partial charge in [0.25, 0.3) is 5.91 Å². The van der Waals surface area contributed by atoms with E-state index in [2.05, 4.69) is 15.3 Å².